The Morgan fingerprint density at radius 1 is 1.70 bits per heavy atom. The third-order valence-corrected chi connectivity index (χ3v) is 1.29. The van der Waals surface area contributed by atoms with Crippen molar-refractivity contribution in [2.24, 2.45) is 0 Å². The first-order valence-corrected chi connectivity index (χ1v) is 3.44. The molecule has 1 heterocycles. The Kier molecular flexibility index (Phi) is 2.51. The maximum absolute atomic E-state index is 3.25. The topological polar surface area (TPSA) is 15.3 Å². The Labute approximate surface area is 62.2 Å². The average Bonchev–Trinajstić information content (AvgIpc) is 1.88. The normalized spacial score (nSPS) is 16.9. The average molecular weight is 137 g/mol. The summed E-state index contributed by atoms with van der Waals surface area (Å²) in [6, 6.07) is 0. The highest BCUT2D eigenvalue weighted by Gasteiger charge is 1.98. The molecule has 0 saturated heterocycles. The molecular weight excluding hydrogens is 124 g/mol. The number of hydrogen-bond acceptors (Lipinski definition) is 2. The second kappa shape index (κ2) is 3.42. The van der Waals surface area contributed by atoms with E-state index in [0.29, 0.717) is 0 Å². The molecule has 0 saturated carbocycles. The van der Waals surface area contributed by atoms with Gasteiger partial charge in [-0.15, -0.1) is 0 Å². The predicted octanol–water partition coefficient (Wildman–Crippen LogP) is 0.394. The number of dihydropyridines is 1. The van der Waals surface area contributed by atoms with Crippen LogP contribution in [0.4, 0.5) is 0 Å². The molecular formula is C8H13N2. The molecule has 10 heavy (non-hydrogen) atoms. The van der Waals surface area contributed by atoms with Gasteiger partial charge in [0, 0.05) is 18.8 Å². The lowest BCUT2D eigenvalue weighted by Crippen LogP contribution is -2.25. The Balaban J connectivity index is 2.39. The lowest BCUT2D eigenvalue weighted by atomic mass is 10.3. The Morgan fingerprint density at radius 3 is 3.00 bits per heavy atom. The molecule has 1 aliphatic rings. The van der Waals surface area contributed by atoms with Crippen LogP contribution in [0.15, 0.2) is 17.8 Å². The summed E-state index contributed by atoms with van der Waals surface area (Å²) < 4.78 is 0. The Hall–Kier alpha value is -0.760. The van der Waals surface area contributed by atoms with Crippen LogP contribution in [-0.2, 0) is 0 Å². The highest BCUT2D eigenvalue weighted by atomic mass is 15.1. The number of hydrogen-bond donors (Lipinski definition) is 1. The van der Waals surface area contributed by atoms with Gasteiger partial charge in [-0.2, -0.15) is 0 Å². The van der Waals surface area contributed by atoms with Crippen molar-refractivity contribution in [1.29, 1.82) is 0 Å². The summed E-state index contributed by atoms with van der Waals surface area (Å²) in [5.41, 5.74) is 1.24. The van der Waals surface area contributed by atoms with Crippen LogP contribution in [0, 0.1) is 6.08 Å². The maximum atomic E-state index is 3.25. The third kappa shape index (κ3) is 2.23. The summed E-state index contributed by atoms with van der Waals surface area (Å²) >= 11 is 0. The van der Waals surface area contributed by atoms with Crippen LogP contribution in [0.1, 0.15) is 0 Å². The molecule has 0 fully saturated rings. The zero-order valence-electron chi connectivity index (χ0n) is 6.52. The van der Waals surface area contributed by atoms with E-state index in [-0.39, 0.29) is 0 Å². The van der Waals surface area contributed by atoms with Crippen molar-refractivity contribution in [2.75, 3.05) is 27.2 Å². The highest BCUT2D eigenvalue weighted by molar-refractivity contribution is 5.13. The molecule has 1 N–H and O–H groups in total. The number of likely N-dealkylation sites (N-methyl/N-ethyl adjacent to an activating group) is 1. The maximum Gasteiger partial charge on any atom is 0.0375 e. The fourth-order valence-corrected chi connectivity index (χ4v) is 0.894. The van der Waals surface area contributed by atoms with Gasteiger partial charge in [-0.1, -0.05) is 6.08 Å². The van der Waals surface area contributed by atoms with Crippen molar-refractivity contribution in [1.82, 2.24) is 10.2 Å². The number of rotatable bonds is 2. The largest absolute Gasteiger partial charge is 0.384 e. The molecule has 1 aliphatic heterocycles. The molecule has 2 nitrogen and oxygen atoms in total. The van der Waals surface area contributed by atoms with Gasteiger partial charge in [0.15, 0.2) is 0 Å². The summed E-state index contributed by atoms with van der Waals surface area (Å²) in [5.74, 6) is 0. The van der Waals surface area contributed by atoms with Gasteiger partial charge in [0.05, 0.1) is 0 Å². The van der Waals surface area contributed by atoms with E-state index >= 15 is 0 Å². The minimum Gasteiger partial charge on any atom is -0.384 e. The quantitative estimate of drug-likeness (QED) is 0.592. The van der Waals surface area contributed by atoms with Crippen molar-refractivity contribution in [3.63, 3.8) is 0 Å². The van der Waals surface area contributed by atoms with Crippen LogP contribution in [-0.4, -0.2) is 32.1 Å². The molecule has 0 bridgehead atoms. The second-order valence-electron chi connectivity index (χ2n) is 2.66. The molecule has 55 valence electrons. The van der Waals surface area contributed by atoms with Gasteiger partial charge in [-0.3, -0.25) is 0 Å². The molecule has 0 spiro atoms. The van der Waals surface area contributed by atoms with E-state index in [0.717, 1.165) is 13.1 Å². The molecule has 2 heteroatoms. The molecule has 1 rings (SSSR count). The first-order valence-electron chi connectivity index (χ1n) is 3.44. The standard InChI is InChI=1S/C8H13N2/c1-10(2)7-8-5-3-4-6-9-8/h4-5,9H,6-7H2,1-2H3. The third-order valence-electron chi connectivity index (χ3n) is 1.29. The Morgan fingerprint density at radius 2 is 2.50 bits per heavy atom. The van der Waals surface area contributed by atoms with E-state index in [2.05, 4.69) is 30.4 Å². The van der Waals surface area contributed by atoms with Crippen LogP contribution in [0.25, 0.3) is 0 Å². The van der Waals surface area contributed by atoms with Gasteiger partial charge in [0.25, 0.3) is 0 Å². The zero-order valence-corrected chi connectivity index (χ0v) is 6.52. The number of nitrogens with zero attached hydrogens (tertiary/aromatic N) is 1. The van der Waals surface area contributed by atoms with Gasteiger partial charge in [-0.05, 0) is 26.2 Å². The van der Waals surface area contributed by atoms with Crippen molar-refractivity contribution in [3.8, 4) is 0 Å². The van der Waals surface area contributed by atoms with Crippen molar-refractivity contribution in [3.05, 3.63) is 23.9 Å². The van der Waals surface area contributed by atoms with Crippen molar-refractivity contribution < 1.29 is 0 Å². The Bertz CT molecular complexity index is 157. The van der Waals surface area contributed by atoms with Gasteiger partial charge in [0.1, 0.15) is 0 Å². The van der Waals surface area contributed by atoms with Gasteiger partial charge in [-0.25, -0.2) is 0 Å². The summed E-state index contributed by atoms with van der Waals surface area (Å²) in [4.78, 5) is 2.13. The van der Waals surface area contributed by atoms with Crippen molar-refractivity contribution >= 4 is 0 Å². The summed E-state index contributed by atoms with van der Waals surface area (Å²) in [6.07, 6.45) is 7.04. The molecule has 0 aromatic heterocycles. The van der Waals surface area contributed by atoms with E-state index in [1.807, 2.05) is 12.2 Å². The van der Waals surface area contributed by atoms with Crippen LogP contribution >= 0.6 is 0 Å². The fourth-order valence-electron chi connectivity index (χ4n) is 0.894. The SMILES string of the molecule is CN(C)CC1=C[C]=CCN1. The van der Waals surface area contributed by atoms with E-state index < -0.39 is 0 Å². The molecule has 1 radical (unpaired) electrons. The van der Waals surface area contributed by atoms with E-state index in [9.17, 15) is 0 Å². The van der Waals surface area contributed by atoms with Gasteiger partial charge in [0.2, 0.25) is 0 Å². The van der Waals surface area contributed by atoms with Gasteiger partial charge < -0.3 is 10.2 Å². The smallest absolute Gasteiger partial charge is 0.0375 e. The lowest BCUT2D eigenvalue weighted by molar-refractivity contribution is 0.433. The zero-order chi connectivity index (χ0) is 7.40. The number of nitrogens with one attached hydrogen (secondary N) is 1. The lowest BCUT2D eigenvalue weighted by Gasteiger charge is -2.15. The van der Waals surface area contributed by atoms with Crippen LogP contribution in [0.2, 0.25) is 0 Å². The highest BCUT2D eigenvalue weighted by Crippen LogP contribution is 1.95. The fraction of sp³-hybridized carbons (Fsp3) is 0.500. The van der Waals surface area contributed by atoms with Crippen LogP contribution in [0.3, 0.4) is 0 Å². The number of allylic oxidation sites excluding steroid dienone is 2. The molecule has 0 atom stereocenters. The van der Waals surface area contributed by atoms with Crippen molar-refractivity contribution in [2.45, 2.75) is 0 Å². The van der Waals surface area contributed by atoms with E-state index in [1.54, 1.807) is 0 Å². The molecule has 0 aliphatic carbocycles. The monoisotopic (exact) mass is 137 g/mol. The molecule has 0 aromatic rings. The minimum absolute atomic E-state index is 0.916. The minimum atomic E-state index is 0.916. The molecule has 0 aromatic carbocycles. The summed E-state index contributed by atoms with van der Waals surface area (Å²) in [5, 5.41) is 3.25. The molecule has 0 amide bonds. The first-order chi connectivity index (χ1) is 4.79. The molecule has 0 unspecified atom stereocenters. The summed E-state index contributed by atoms with van der Waals surface area (Å²) in [7, 11) is 4.11. The van der Waals surface area contributed by atoms with E-state index in [1.165, 1.54) is 5.70 Å². The predicted molar refractivity (Wildman–Crippen MR) is 42.5 cm³/mol. The second-order valence-corrected chi connectivity index (χ2v) is 2.66. The summed E-state index contributed by atoms with van der Waals surface area (Å²) in [6.45, 7) is 1.89. The van der Waals surface area contributed by atoms with Crippen LogP contribution in [0.5, 0.6) is 0 Å². The van der Waals surface area contributed by atoms with Crippen LogP contribution < -0.4 is 5.32 Å². The first kappa shape index (κ1) is 7.35. The van der Waals surface area contributed by atoms with E-state index in [4.69, 9.17) is 0 Å². The van der Waals surface area contributed by atoms with Gasteiger partial charge >= 0.3 is 0 Å².